The number of fused-ring (bicyclic) bond motifs is 1. The van der Waals surface area contributed by atoms with E-state index in [1.165, 1.54) is 16.5 Å². The molecule has 1 atom stereocenters. The molecule has 1 aromatic heterocycles. The van der Waals surface area contributed by atoms with Crippen LogP contribution in [0, 0.1) is 0 Å². The van der Waals surface area contributed by atoms with E-state index in [0.717, 1.165) is 25.1 Å². The average molecular weight is 330 g/mol. The maximum Gasteiger partial charge on any atom is 0.187 e. The van der Waals surface area contributed by atoms with Gasteiger partial charge in [0.05, 0.1) is 0 Å². The van der Waals surface area contributed by atoms with Crippen molar-refractivity contribution in [2.75, 3.05) is 13.1 Å². The Hall–Kier alpha value is -2.81. The molecule has 0 aliphatic carbocycles. The van der Waals surface area contributed by atoms with Gasteiger partial charge in [0, 0.05) is 61.0 Å². The Bertz CT molecular complexity index is 924. The average Bonchev–Trinajstić information content (AvgIpc) is 3.25. The number of aryl methyl sites for hydroxylation is 1. The van der Waals surface area contributed by atoms with E-state index in [0.29, 0.717) is 5.92 Å². The lowest BCUT2D eigenvalue weighted by Gasteiger charge is -2.13. The van der Waals surface area contributed by atoms with Crippen molar-refractivity contribution in [2.45, 2.75) is 12.3 Å². The van der Waals surface area contributed by atoms with Gasteiger partial charge in [0.25, 0.3) is 0 Å². The number of para-hydroxylation sites is 1. The lowest BCUT2D eigenvalue weighted by Crippen LogP contribution is -2.13. The largest absolute Gasteiger partial charge is 0.377 e. The smallest absolute Gasteiger partial charge is 0.187 e. The van der Waals surface area contributed by atoms with Crippen molar-refractivity contribution in [3.63, 3.8) is 0 Å². The Morgan fingerprint density at radius 2 is 1.84 bits per heavy atom. The van der Waals surface area contributed by atoms with Crippen molar-refractivity contribution < 1.29 is 4.79 Å². The van der Waals surface area contributed by atoms with Crippen LogP contribution in [0.3, 0.4) is 0 Å². The fourth-order valence-electron chi connectivity index (χ4n) is 3.75. The first kappa shape index (κ1) is 15.7. The van der Waals surface area contributed by atoms with E-state index in [1.54, 1.807) is 6.08 Å². The lowest BCUT2D eigenvalue weighted by atomic mass is 9.98. The number of rotatable bonds is 4. The van der Waals surface area contributed by atoms with Gasteiger partial charge in [-0.05, 0) is 18.1 Å². The Morgan fingerprint density at radius 1 is 1.08 bits per heavy atom. The first-order valence-electron chi connectivity index (χ1n) is 8.78. The SMILES string of the molecule is Cn1cc(C2CCN(C=CC(=O)c3ccccc3)C2)c2ccccc21. The molecule has 0 amide bonds. The van der Waals surface area contributed by atoms with Crippen LogP contribution < -0.4 is 0 Å². The Kier molecular flexibility index (Phi) is 4.14. The summed E-state index contributed by atoms with van der Waals surface area (Å²) < 4.78 is 2.21. The molecule has 3 aromatic rings. The summed E-state index contributed by atoms with van der Waals surface area (Å²) in [6.45, 7) is 1.96. The highest BCUT2D eigenvalue weighted by molar-refractivity contribution is 6.04. The molecule has 0 saturated carbocycles. The van der Waals surface area contributed by atoms with Crippen molar-refractivity contribution in [3.05, 3.63) is 84.2 Å². The number of carbonyl (C=O) groups is 1. The number of likely N-dealkylation sites (tertiary alicyclic amines) is 1. The summed E-state index contributed by atoms with van der Waals surface area (Å²) in [6, 6.07) is 18.0. The second-order valence-electron chi connectivity index (χ2n) is 6.74. The molecule has 1 aliphatic heterocycles. The van der Waals surface area contributed by atoms with Crippen molar-refractivity contribution in [1.82, 2.24) is 9.47 Å². The standard InChI is InChI=1S/C22H22N2O/c1-23-16-20(19-9-5-6-10-21(19)23)18-11-13-24(15-18)14-12-22(25)17-7-3-2-4-8-17/h2-10,12,14,16,18H,11,13,15H2,1H3. The third-order valence-corrected chi connectivity index (χ3v) is 5.08. The molecule has 1 saturated heterocycles. The second-order valence-corrected chi connectivity index (χ2v) is 6.74. The molecule has 4 rings (SSSR count). The van der Waals surface area contributed by atoms with Gasteiger partial charge in [-0.3, -0.25) is 4.79 Å². The van der Waals surface area contributed by atoms with Crippen LogP contribution in [0.25, 0.3) is 10.9 Å². The number of ketones is 1. The highest BCUT2D eigenvalue weighted by Crippen LogP contribution is 2.33. The van der Waals surface area contributed by atoms with E-state index < -0.39 is 0 Å². The maximum atomic E-state index is 12.2. The van der Waals surface area contributed by atoms with Gasteiger partial charge in [0.1, 0.15) is 0 Å². The highest BCUT2D eigenvalue weighted by atomic mass is 16.1. The predicted octanol–water partition coefficient (Wildman–Crippen LogP) is 4.36. The minimum atomic E-state index is 0.0641. The number of aromatic nitrogens is 1. The third kappa shape index (κ3) is 3.10. The van der Waals surface area contributed by atoms with Crippen LogP contribution in [0.1, 0.15) is 28.3 Å². The Balaban J connectivity index is 1.48. The summed E-state index contributed by atoms with van der Waals surface area (Å²) in [5, 5.41) is 1.35. The fraction of sp³-hybridized carbons (Fsp3) is 0.227. The summed E-state index contributed by atoms with van der Waals surface area (Å²) in [5.74, 6) is 0.580. The van der Waals surface area contributed by atoms with E-state index in [1.807, 2.05) is 36.5 Å². The Morgan fingerprint density at radius 3 is 2.68 bits per heavy atom. The van der Waals surface area contributed by atoms with E-state index in [4.69, 9.17) is 0 Å². The van der Waals surface area contributed by atoms with Crippen LogP contribution in [0.5, 0.6) is 0 Å². The van der Waals surface area contributed by atoms with Gasteiger partial charge in [-0.2, -0.15) is 0 Å². The molecular formula is C22H22N2O. The van der Waals surface area contributed by atoms with E-state index >= 15 is 0 Å². The molecule has 0 bridgehead atoms. The highest BCUT2D eigenvalue weighted by Gasteiger charge is 2.24. The summed E-state index contributed by atoms with van der Waals surface area (Å²) >= 11 is 0. The molecular weight excluding hydrogens is 308 g/mol. The minimum absolute atomic E-state index is 0.0641. The molecule has 2 heterocycles. The summed E-state index contributed by atoms with van der Waals surface area (Å²) in [7, 11) is 2.11. The fourth-order valence-corrected chi connectivity index (χ4v) is 3.75. The van der Waals surface area contributed by atoms with Crippen molar-refractivity contribution in [2.24, 2.45) is 7.05 Å². The summed E-state index contributed by atoms with van der Waals surface area (Å²) in [4.78, 5) is 14.5. The zero-order chi connectivity index (χ0) is 17.2. The van der Waals surface area contributed by atoms with Crippen molar-refractivity contribution >= 4 is 16.7 Å². The van der Waals surface area contributed by atoms with Gasteiger partial charge >= 0.3 is 0 Å². The third-order valence-electron chi connectivity index (χ3n) is 5.08. The van der Waals surface area contributed by atoms with Crippen LogP contribution in [0.2, 0.25) is 0 Å². The molecule has 25 heavy (non-hydrogen) atoms. The molecule has 1 fully saturated rings. The van der Waals surface area contributed by atoms with Crippen LogP contribution in [-0.2, 0) is 7.05 Å². The molecule has 1 aliphatic rings. The maximum absolute atomic E-state index is 12.2. The molecule has 3 heteroatoms. The quantitative estimate of drug-likeness (QED) is 0.524. The van der Waals surface area contributed by atoms with Gasteiger partial charge in [-0.15, -0.1) is 0 Å². The van der Waals surface area contributed by atoms with E-state index in [2.05, 4.69) is 47.0 Å². The van der Waals surface area contributed by atoms with Crippen molar-refractivity contribution in [1.29, 1.82) is 0 Å². The van der Waals surface area contributed by atoms with E-state index in [-0.39, 0.29) is 5.78 Å². The van der Waals surface area contributed by atoms with Crippen LogP contribution >= 0.6 is 0 Å². The zero-order valence-corrected chi connectivity index (χ0v) is 14.4. The lowest BCUT2D eigenvalue weighted by molar-refractivity contribution is 0.104. The topological polar surface area (TPSA) is 25.2 Å². The number of allylic oxidation sites excluding steroid dienone is 1. The zero-order valence-electron chi connectivity index (χ0n) is 14.4. The molecule has 0 radical (unpaired) electrons. The number of benzene rings is 2. The molecule has 0 N–H and O–H groups in total. The normalized spacial score (nSPS) is 17.6. The first-order valence-corrected chi connectivity index (χ1v) is 8.78. The number of hydrogen-bond acceptors (Lipinski definition) is 2. The van der Waals surface area contributed by atoms with Crippen LogP contribution in [0.15, 0.2) is 73.1 Å². The number of hydrogen-bond donors (Lipinski definition) is 0. The second kappa shape index (κ2) is 6.60. The molecule has 3 nitrogen and oxygen atoms in total. The molecule has 126 valence electrons. The summed E-state index contributed by atoms with van der Waals surface area (Å²) in [6.07, 6.45) is 7.04. The number of carbonyl (C=O) groups excluding carboxylic acids is 1. The van der Waals surface area contributed by atoms with Crippen LogP contribution in [0.4, 0.5) is 0 Å². The molecule has 1 unspecified atom stereocenters. The van der Waals surface area contributed by atoms with Gasteiger partial charge in [-0.1, -0.05) is 48.5 Å². The predicted molar refractivity (Wildman–Crippen MR) is 102 cm³/mol. The summed E-state index contributed by atoms with van der Waals surface area (Å²) in [5.41, 5.74) is 3.44. The molecule has 2 aromatic carbocycles. The number of nitrogens with zero attached hydrogens (tertiary/aromatic N) is 2. The van der Waals surface area contributed by atoms with E-state index in [9.17, 15) is 4.79 Å². The van der Waals surface area contributed by atoms with Crippen LogP contribution in [-0.4, -0.2) is 28.3 Å². The Labute approximate surface area is 148 Å². The monoisotopic (exact) mass is 330 g/mol. The van der Waals surface area contributed by atoms with Gasteiger partial charge in [0.2, 0.25) is 0 Å². The first-order chi connectivity index (χ1) is 12.2. The van der Waals surface area contributed by atoms with Gasteiger partial charge < -0.3 is 9.47 Å². The van der Waals surface area contributed by atoms with Crippen molar-refractivity contribution in [3.8, 4) is 0 Å². The van der Waals surface area contributed by atoms with Gasteiger partial charge in [-0.25, -0.2) is 0 Å². The van der Waals surface area contributed by atoms with Gasteiger partial charge in [0.15, 0.2) is 5.78 Å². The minimum Gasteiger partial charge on any atom is -0.377 e. The molecule has 0 spiro atoms.